The predicted molar refractivity (Wildman–Crippen MR) is 60.8 cm³/mol. The molecular formula is C12H15F3O4. The van der Waals surface area contributed by atoms with Crippen molar-refractivity contribution in [1.82, 2.24) is 0 Å². The van der Waals surface area contributed by atoms with Crippen molar-refractivity contribution in [3.63, 3.8) is 0 Å². The number of para-hydroxylation sites is 1. The Balaban J connectivity index is 2.65. The lowest BCUT2D eigenvalue weighted by atomic mass is 10.1. The second-order valence-electron chi connectivity index (χ2n) is 3.67. The van der Waals surface area contributed by atoms with Gasteiger partial charge in [-0.25, -0.2) is 0 Å². The van der Waals surface area contributed by atoms with Crippen molar-refractivity contribution in [2.24, 2.45) is 0 Å². The van der Waals surface area contributed by atoms with E-state index in [2.05, 4.69) is 4.74 Å². The quantitative estimate of drug-likeness (QED) is 0.778. The van der Waals surface area contributed by atoms with Crippen molar-refractivity contribution in [3.05, 3.63) is 29.8 Å². The van der Waals surface area contributed by atoms with E-state index < -0.39 is 18.2 Å². The summed E-state index contributed by atoms with van der Waals surface area (Å²) in [5.41, 5.74) is 0.0252. The molecule has 0 aliphatic rings. The molecule has 1 rings (SSSR count). The smallest absolute Gasteiger partial charge is 0.405 e. The van der Waals surface area contributed by atoms with Gasteiger partial charge < -0.3 is 19.3 Å². The molecule has 19 heavy (non-hydrogen) atoms. The molecule has 0 aliphatic carbocycles. The number of aliphatic hydroxyl groups is 1. The Kier molecular flexibility index (Phi) is 6.07. The highest BCUT2D eigenvalue weighted by atomic mass is 19.4. The molecule has 7 heteroatoms. The molecular weight excluding hydrogens is 265 g/mol. The van der Waals surface area contributed by atoms with Crippen LogP contribution in [0.1, 0.15) is 11.7 Å². The molecule has 0 fully saturated rings. The van der Waals surface area contributed by atoms with Gasteiger partial charge in [-0.05, 0) is 6.07 Å². The Bertz CT molecular complexity index is 381. The maximum atomic E-state index is 12.2. The minimum atomic E-state index is -4.80. The van der Waals surface area contributed by atoms with E-state index in [1.54, 1.807) is 0 Å². The van der Waals surface area contributed by atoms with Crippen LogP contribution in [0, 0.1) is 0 Å². The van der Waals surface area contributed by atoms with Crippen LogP contribution in [0.2, 0.25) is 0 Å². The maximum absolute atomic E-state index is 12.2. The van der Waals surface area contributed by atoms with Crippen molar-refractivity contribution >= 4 is 0 Å². The molecule has 1 atom stereocenters. The average molecular weight is 280 g/mol. The zero-order chi connectivity index (χ0) is 14.3. The zero-order valence-corrected chi connectivity index (χ0v) is 10.3. The Morgan fingerprint density at radius 1 is 1.21 bits per heavy atom. The first kappa shape index (κ1) is 15.7. The van der Waals surface area contributed by atoms with Gasteiger partial charge in [-0.1, -0.05) is 18.2 Å². The molecule has 1 aromatic carbocycles. The summed E-state index contributed by atoms with van der Waals surface area (Å²) in [4.78, 5) is 0. The number of benzene rings is 1. The third kappa shape index (κ3) is 5.91. The molecule has 0 aromatic heterocycles. The van der Waals surface area contributed by atoms with Gasteiger partial charge in [0.2, 0.25) is 0 Å². The molecule has 1 unspecified atom stereocenters. The molecule has 0 heterocycles. The summed E-state index contributed by atoms with van der Waals surface area (Å²) in [5.74, 6) is -0.433. The molecule has 0 aliphatic heterocycles. The van der Waals surface area contributed by atoms with E-state index in [1.807, 2.05) is 0 Å². The first-order chi connectivity index (χ1) is 8.94. The molecule has 108 valence electrons. The van der Waals surface area contributed by atoms with Crippen molar-refractivity contribution in [1.29, 1.82) is 0 Å². The van der Waals surface area contributed by atoms with Crippen LogP contribution < -0.4 is 4.74 Å². The number of hydrogen-bond acceptors (Lipinski definition) is 4. The normalized spacial score (nSPS) is 13.3. The van der Waals surface area contributed by atoms with Gasteiger partial charge in [0.15, 0.2) is 0 Å². The van der Waals surface area contributed by atoms with Crippen LogP contribution in [-0.4, -0.2) is 38.4 Å². The molecule has 1 aromatic rings. The molecule has 0 bridgehead atoms. The van der Waals surface area contributed by atoms with Gasteiger partial charge >= 0.3 is 6.36 Å². The van der Waals surface area contributed by atoms with Gasteiger partial charge in [0, 0.05) is 12.7 Å². The van der Waals surface area contributed by atoms with E-state index in [1.165, 1.54) is 25.3 Å². The van der Waals surface area contributed by atoms with E-state index in [0.29, 0.717) is 6.61 Å². The maximum Gasteiger partial charge on any atom is 0.573 e. The lowest BCUT2D eigenvalue weighted by Crippen LogP contribution is -2.19. The van der Waals surface area contributed by atoms with Gasteiger partial charge in [0.25, 0.3) is 0 Å². The average Bonchev–Trinajstić information content (AvgIpc) is 2.33. The first-order valence-corrected chi connectivity index (χ1v) is 5.53. The third-order valence-electron chi connectivity index (χ3n) is 2.21. The monoisotopic (exact) mass is 280 g/mol. The van der Waals surface area contributed by atoms with E-state index >= 15 is 0 Å². The molecule has 0 saturated carbocycles. The van der Waals surface area contributed by atoms with Gasteiger partial charge in [-0.15, -0.1) is 13.2 Å². The van der Waals surface area contributed by atoms with E-state index in [4.69, 9.17) is 9.47 Å². The van der Waals surface area contributed by atoms with Crippen LogP contribution in [0.4, 0.5) is 13.2 Å². The van der Waals surface area contributed by atoms with Crippen LogP contribution in [0.3, 0.4) is 0 Å². The lowest BCUT2D eigenvalue weighted by molar-refractivity contribution is -0.275. The fourth-order valence-corrected chi connectivity index (χ4v) is 1.40. The van der Waals surface area contributed by atoms with Crippen LogP contribution >= 0.6 is 0 Å². The van der Waals surface area contributed by atoms with Gasteiger partial charge in [-0.3, -0.25) is 0 Å². The van der Waals surface area contributed by atoms with Crippen LogP contribution in [0.25, 0.3) is 0 Å². The highest BCUT2D eigenvalue weighted by Gasteiger charge is 2.32. The minimum absolute atomic E-state index is 0.0252. The fraction of sp³-hybridized carbons (Fsp3) is 0.500. The summed E-state index contributed by atoms with van der Waals surface area (Å²) in [6, 6.07) is 5.40. The molecule has 1 N–H and O–H groups in total. The zero-order valence-electron chi connectivity index (χ0n) is 10.3. The molecule has 0 spiro atoms. The number of ether oxygens (including phenoxy) is 3. The Hall–Kier alpha value is -1.31. The molecule has 0 saturated heterocycles. The second-order valence-corrected chi connectivity index (χ2v) is 3.67. The molecule has 0 radical (unpaired) electrons. The van der Waals surface area contributed by atoms with Crippen LogP contribution in [-0.2, 0) is 9.47 Å². The summed E-state index contributed by atoms with van der Waals surface area (Å²) in [7, 11) is 1.49. The number of hydrogen-bond donors (Lipinski definition) is 1. The number of rotatable bonds is 7. The van der Waals surface area contributed by atoms with E-state index in [-0.39, 0.29) is 18.8 Å². The first-order valence-electron chi connectivity index (χ1n) is 5.53. The summed E-state index contributed by atoms with van der Waals surface area (Å²) in [6.07, 6.45) is -6.00. The van der Waals surface area contributed by atoms with E-state index in [0.717, 1.165) is 6.07 Å². The van der Waals surface area contributed by atoms with Gasteiger partial charge in [0.05, 0.1) is 19.8 Å². The lowest BCUT2D eigenvalue weighted by Gasteiger charge is -2.17. The van der Waals surface area contributed by atoms with Crippen molar-refractivity contribution in [2.75, 3.05) is 26.9 Å². The summed E-state index contributed by atoms with van der Waals surface area (Å²) < 4.78 is 50.2. The van der Waals surface area contributed by atoms with Crippen LogP contribution in [0.15, 0.2) is 24.3 Å². The Morgan fingerprint density at radius 3 is 2.53 bits per heavy atom. The Morgan fingerprint density at radius 2 is 1.89 bits per heavy atom. The minimum Gasteiger partial charge on any atom is -0.405 e. The fourth-order valence-electron chi connectivity index (χ4n) is 1.40. The van der Waals surface area contributed by atoms with Crippen LogP contribution in [0.5, 0.6) is 5.75 Å². The Labute approximate surface area is 108 Å². The number of halogens is 3. The SMILES string of the molecule is COCCOCC(O)c1ccccc1OC(F)(F)F. The number of aliphatic hydroxyl groups excluding tert-OH is 1. The molecule has 4 nitrogen and oxygen atoms in total. The summed E-state index contributed by atoms with van der Waals surface area (Å²) in [5, 5.41) is 9.78. The summed E-state index contributed by atoms with van der Waals surface area (Å²) in [6.45, 7) is 0.449. The van der Waals surface area contributed by atoms with Crippen molar-refractivity contribution in [2.45, 2.75) is 12.5 Å². The second kappa shape index (κ2) is 7.32. The standard InChI is InChI=1S/C12H15F3O4/c1-17-6-7-18-8-10(16)9-4-2-3-5-11(9)19-12(13,14)15/h2-5,10,16H,6-8H2,1H3. The van der Waals surface area contributed by atoms with E-state index in [9.17, 15) is 18.3 Å². The number of alkyl halides is 3. The number of methoxy groups -OCH3 is 1. The molecule has 0 amide bonds. The highest BCUT2D eigenvalue weighted by molar-refractivity contribution is 5.35. The predicted octanol–water partition coefficient (Wildman–Crippen LogP) is 2.28. The third-order valence-corrected chi connectivity index (χ3v) is 2.21. The largest absolute Gasteiger partial charge is 0.573 e. The van der Waals surface area contributed by atoms with Gasteiger partial charge in [-0.2, -0.15) is 0 Å². The van der Waals surface area contributed by atoms with Crippen molar-refractivity contribution in [3.8, 4) is 5.75 Å². The topological polar surface area (TPSA) is 47.9 Å². The van der Waals surface area contributed by atoms with Gasteiger partial charge in [0.1, 0.15) is 11.9 Å². The summed E-state index contributed by atoms with van der Waals surface area (Å²) >= 11 is 0. The highest BCUT2D eigenvalue weighted by Crippen LogP contribution is 2.30. The van der Waals surface area contributed by atoms with Crippen molar-refractivity contribution < 1.29 is 32.5 Å².